The summed E-state index contributed by atoms with van der Waals surface area (Å²) in [5.74, 6) is -2.49. The quantitative estimate of drug-likeness (QED) is 0.238. The Balaban J connectivity index is 1.82. The van der Waals surface area contributed by atoms with Gasteiger partial charge in [0.25, 0.3) is 0 Å². The number of hydrogen-bond donors (Lipinski definition) is 3. The zero-order chi connectivity index (χ0) is 30.2. The zero-order valence-corrected chi connectivity index (χ0v) is 24.5. The van der Waals surface area contributed by atoms with Crippen LogP contribution in [0, 0.1) is 11.8 Å². The highest BCUT2D eigenvalue weighted by molar-refractivity contribution is 6.18. The van der Waals surface area contributed by atoms with E-state index in [2.05, 4.69) is 6.58 Å². The van der Waals surface area contributed by atoms with E-state index in [1.165, 1.54) is 0 Å². The Labute approximate surface area is 240 Å². The first-order valence-electron chi connectivity index (χ1n) is 14.0. The van der Waals surface area contributed by atoms with Gasteiger partial charge in [0, 0.05) is 41.4 Å². The van der Waals surface area contributed by atoms with E-state index in [1.54, 1.807) is 26.0 Å². The molecule has 6 rings (SSSR count). The summed E-state index contributed by atoms with van der Waals surface area (Å²) in [6.07, 6.45) is 5.15. The van der Waals surface area contributed by atoms with Gasteiger partial charge in [-0.15, -0.1) is 0 Å². The maximum atomic E-state index is 14.5. The lowest BCUT2D eigenvalue weighted by Crippen LogP contribution is -2.72. The van der Waals surface area contributed by atoms with Crippen LogP contribution in [0.4, 0.5) is 0 Å². The van der Waals surface area contributed by atoms with Crippen LogP contribution >= 0.6 is 0 Å². The Morgan fingerprint density at radius 3 is 2.41 bits per heavy atom. The Kier molecular flexibility index (Phi) is 6.74. The highest BCUT2D eigenvalue weighted by Crippen LogP contribution is 2.68. The number of aromatic hydroxyl groups is 2. The number of ether oxygens (including phenoxy) is 2. The third-order valence-electron chi connectivity index (χ3n) is 9.27. The van der Waals surface area contributed by atoms with Crippen molar-refractivity contribution in [3.63, 3.8) is 0 Å². The lowest BCUT2D eigenvalue weighted by molar-refractivity contribution is -0.171. The molecule has 3 aliphatic carbocycles. The van der Waals surface area contributed by atoms with Crippen molar-refractivity contribution in [3.05, 3.63) is 63.8 Å². The number of aliphatic hydroxyl groups excluding tert-OH is 1. The summed E-state index contributed by atoms with van der Waals surface area (Å²) in [4.78, 5) is 40.0. The molecule has 8 nitrogen and oxygen atoms in total. The van der Waals surface area contributed by atoms with Crippen LogP contribution in [0.25, 0.3) is 0 Å². The molecule has 2 heterocycles. The smallest absolute Gasteiger partial charge is 0.200 e. The topological polar surface area (TPSA) is 130 Å². The Bertz CT molecular complexity index is 1490. The van der Waals surface area contributed by atoms with Gasteiger partial charge in [-0.3, -0.25) is 14.4 Å². The van der Waals surface area contributed by atoms with E-state index in [1.807, 2.05) is 33.8 Å². The second-order valence-corrected chi connectivity index (χ2v) is 12.7. The van der Waals surface area contributed by atoms with Crippen LogP contribution in [-0.4, -0.2) is 56.1 Å². The first-order chi connectivity index (χ1) is 19.1. The van der Waals surface area contributed by atoms with Gasteiger partial charge in [0.05, 0.1) is 11.7 Å². The van der Waals surface area contributed by atoms with E-state index in [4.69, 9.17) is 9.47 Å². The normalized spacial score (nSPS) is 29.7. The standard InChI is InChI=1S/C33H38O8/c1-16(2)8-9-20-26(36)21(14-23(35)17(3)4)29-25(27(20)37)28(38)22-12-19-13-24-31(6,7)41-32(30(19)39,33(22,24)40-29)11-10-18(5)15-34/h8,10,12,15,19,23-24,35-37H,3,9,11,13-14H2,1-2,4-7H3. The molecule has 4 bridgehead atoms. The van der Waals surface area contributed by atoms with Gasteiger partial charge in [-0.05, 0) is 60.0 Å². The molecule has 0 radical (unpaired) electrons. The molecule has 5 aliphatic rings. The molecule has 1 saturated carbocycles. The maximum absolute atomic E-state index is 14.5. The van der Waals surface area contributed by atoms with Crippen molar-refractivity contribution in [3.8, 4) is 17.2 Å². The van der Waals surface area contributed by atoms with E-state index >= 15 is 0 Å². The molecule has 5 atom stereocenters. The van der Waals surface area contributed by atoms with Gasteiger partial charge < -0.3 is 24.8 Å². The van der Waals surface area contributed by atoms with E-state index in [9.17, 15) is 29.7 Å². The van der Waals surface area contributed by atoms with Crippen LogP contribution in [0.5, 0.6) is 17.2 Å². The second kappa shape index (κ2) is 9.53. The monoisotopic (exact) mass is 562 g/mol. The average molecular weight is 563 g/mol. The van der Waals surface area contributed by atoms with Crippen LogP contribution in [0.3, 0.4) is 0 Å². The van der Waals surface area contributed by atoms with Gasteiger partial charge in [0.1, 0.15) is 29.1 Å². The molecule has 2 fully saturated rings. The average Bonchev–Trinajstić information content (AvgIpc) is 3.06. The fraction of sp³-hybridized carbons (Fsp3) is 0.485. The van der Waals surface area contributed by atoms with E-state index in [0.717, 1.165) is 5.57 Å². The minimum atomic E-state index is -1.61. The molecular formula is C33H38O8. The predicted molar refractivity (Wildman–Crippen MR) is 152 cm³/mol. The number of Topliss-reactive ketones (excluding diaryl/α,β-unsaturated/α-hetero) is 2. The van der Waals surface area contributed by atoms with E-state index in [-0.39, 0.29) is 58.8 Å². The number of rotatable bonds is 8. The molecule has 1 aromatic rings. The maximum Gasteiger partial charge on any atom is 0.200 e. The molecule has 3 N–H and O–H groups in total. The number of carbonyl (C=O) groups excluding carboxylic acids is 3. The Morgan fingerprint density at radius 1 is 1.12 bits per heavy atom. The van der Waals surface area contributed by atoms with Crippen LogP contribution in [-0.2, 0) is 27.2 Å². The minimum absolute atomic E-state index is 0.00708. The Morgan fingerprint density at radius 2 is 1.80 bits per heavy atom. The molecule has 1 spiro atoms. The molecular weight excluding hydrogens is 524 g/mol. The van der Waals surface area contributed by atoms with Crippen LogP contribution in [0.2, 0.25) is 0 Å². The molecule has 0 aromatic heterocycles. The van der Waals surface area contributed by atoms with E-state index < -0.39 is 46.3 Å². The molecule has 0 amide bonds. The molecule has 41 heavy (non-hydrogen) atoms. The summed E-state index contributed by atoms with van der Waals surface area (Å²) in [6.45, 7) is 14.6. The number of aldehydes is 1. The van der Waals surface area contributed by atoms with Crippen molar-refractivity contribution in [2.24, 2.45) is 11.8 Å². The third kappa shape index (κ3) is 3.91. The van der Waals surface area contributed by atoms with Gasteiger partial charge in [-0.25, -0.2) is 0 Å². The number of allylic oxidation sites excluding steroid dienone is 4. The van der Waals surface area contributed by atoms with Crippen molar-refractivity contribution in [2.45, 2.75) is 90.1 Å². The number of ketones is 2. The largest absolute Gasteiger partial charge is 0.507 e. The molecule has 2 aliphatic heterocycles. The summed E-state index contributed by atoms with van der Waals surface area (Å²) in [7, 11) is 0. The van der Waals surface area contributed by atoms with Crippen LogP contribution in [0.1, 0.15) is 75.9 Å². The van der Waals surface area contributed by atoms with Crippen LogP contribution in [0.15, 0.2) is 47.1 Å². The SMILES string of the molecule is C=C(C)C(O)Cc1c(O)c(CC=C(C)C)c(O)c2c1OC13C(=CC4CC1C(C)(C)OC3(CC=C(C)C=O)C4=O)C2=O. The number of phenolic OH excluding ortho intramolecular Hbond substituents is 2. The van der Waals surface area contributed by atoms with Crippen molar-refractivity contribution in [1.82, 2.24) is 0 Å². The lowest BCUT2D eigenvalue weighted by atomic mass is 9.51. The highest BCUT2D eigenvalue weighted by atomic mass is 16.6. The highest BCUT2D eigenvalue weighted by Gasteiger charge is 2.81. The van der Waals surface area contributed by atoms with E-state index in [0.29, 0.717) is 23.9 Å². The molecule has 5 unspecified atom stereocenters. The number of hydrogen-bond acceptors (Lipinski definition) is 8. The van der Waals surface area contributed by atoms with Crippen LogP contribution < -0.4 is 4.74 Å². The number of aliphatic hydroxyl groups is 1. The minimum Gasteiger partial charge on any atom is -0.507 e. The molecule has 1 aromatic carbocycles. The van der Waals surface area contributed by atoms with Gasteiger partial charge in [0.15, 0.2) is 22.8 Å². The van der Waals surface area contributed by atoms with Crippen molar-refractivity contribution >= 4 is 17.9 Å². The van der Waals surface area contributed by atoms with Gasteiger partial charge >= 0.3 is 0 Å². The summed E-state index contributed by atoms with van der Waals surface area (Å²) < 4.78 is 13.5. The lowest BCUT2D eigenvalue weighted by Gasteiger charge is -2.56. The molecule has 218 valence electrons. The fourth-order valence-electron chi connectivity index (χ4n) is 7.17. The second-order valence-electron chi connectivity index (χ2n) is 12.7. The number of benzene rings is 1. The number of fused-ring (bicyclic) bond motifs is 1. The summed E-state index contributed by atoms with van der Waals surface area (Å²) in [5.41, 5.74) is -1.80. The summed E-state index contributed by atoms with van der Waals surface area (Å²) in [6, 6.07) is 0. The third-order valence-corrected chi connectivity index (χ3v) is 9.27. The van der Waals surface area contributed by atoms with Gasteiger partial charge in [-0.2, -0.15) is 0 Å². The van der Waals surface area contributed by atoms with Crippen molar-refractivity contribution in [2.75, 3.05) is 0 Å². The Hall–Kier alpha value is -3.49. The zero-order valence-electron chi connectivity index (χ0n) is 24.5. The fourth-order valence-corrected chi connectivity index (χ4v) is 7.17. The molecule has 8 heteroatoms. The summed E-state index contributed by atoms with van der Waals surface area (Å²) >= 11 is 0. The first-order valence-corrected chi connectivity index (χ1v) is 14.0. The van der Waals surface area contributed by atoms with Gasteiger partial charge in [0.2, 0.25) is 0 Å². The predicted octanol–water partition coefficient (Wildman–Crippen LogP) is 4.63. The molecule has 1 saturated heterocycles. The first kappa shape index (κ1) is 29.0. The van der Waals surface area contributed by atoms with Crippen molar-refractivity contribution < 1.29 is 39.2 Å². The van der Waals surface area contributed by atoms with Crippen molar-refractivity contribution in [1.29, 1.82) is 0 Å². The number of phenols is 2. The van der Waals surface area contributed by atoms with Gasteiger partial charge in [-0.1, -0.05) is 36.0 Å². The number of carbonyl (C=O) groups is 3. The summed E-state index contributed by atoms with van der Waals surface area (Å²) in [5, 5.41) is 33.8.